The summed E-state index contributed by atoms with van der Waals surface area (Å²) in [6, 6.07) is 0. The van der Waals surface area contributed by atoms with E-state index < -0.39 is 5.97 Å². The molecule has 1 aliphatic heterocycles. The number of hydrogen-bond donors (Lipinski definition) is 0. The van der Waals surface area contributed by atoms with E-state index in [9.17, 15) is 9.90 Å². The van der Waals surface area contributed by atoms with Crippen molar-refractivity contribution in [3.05, 3.63) is 17.2 Å². The van der Waals surface area contributed by atoms with Gasteiger partial charge in [-0.05, 0) is 7.05 Å². The average molecular weight is 201 g/mol. The second-order valence-electron chi connectivity index (χ2n) is 3.66. The maximum atomic E-state index is 10.7. The molecule has 2 heterocycles. The van der Waals surface area contributed by atoms with Gasteiger partial charge in [-0.3, -0.25) is 0 Å². The van der Waals surface area contributed by atoms with Gasteiger partial charge in [-0.15, -0.1) is 0 Å². The Labute approximate surface area is 100 Å². The smallest absolute Gasteiger partial charge is 0.542 e. The molecule has 0 unspecified atom stereocenters. The van der Waals surface area contributed by atoms with Crippen molar-refractivity contribution >= 4 is 5.97 Å². The predicted octanol–water partition coefficient (Wildman–Crippen LogP) is -4.22. The number of likely N-dealkylation sites (N-methyl/N-ethyl adjacent to an activating group) is 1. The van der Waals surface area contributed by atoms with Crippen LogP contribution in [0.4, 0.5) is 0 Å². The van der Waals surface area contributed by atoms with E-state index in [1.165, 1.54) is 0 Å². The summed E-state index contributed by atoms with van der Waals surface area (Å²) in [7, 11) is 3.72. The summed E-state index contributed by atoms with van der Waals surface area (Å²) in [5, 5.41) is 10.7. The molecule has 0 atom stereocenters. The molecule has 0 saturated heterocycles. The molecule has 15 heavy (non-hydrogen) atoms. The Balaban J connectivity index is 0.00000112. The number of hydrogen-bond acceptors (Lipinski definition) is 4. The maximum Gasteiger partial charge on any atom is 1.00 e. The van der Waals surface area contributed by atoms with E-state index in [1.807, 2.05) is 7.05 Å². The van der Waals surface area contributed by atoms with Gasteiger partial charge in [0, 0.05) is 32.3 Å². The SMILES string of the molecule is CN1CCc2c(nc(C(=O)[O-])n2C)C1.[Li+]. The monoisotopic (exact) mass is 201 g/mol. The van der Waals surface area contributed by atoms with E-state index in [4.69, 9.17) is 0 Å². The minimum atomic E-state index is -1.20. The molecule has 5 nitrogen and oxygen atoms in total. The Kier molecular flexibility index (Phi) is 3.61. The van der Waals surface area contributed by atoms with Crippen LogP contribution in [0.2, 0.25) is 0 Å². The van der Waals surface area contributed by atoms with Crippen LogP contribution in [0.5, 0.6) is 0 Å². The van der Waals surface area contributed by atoms with Crippen molar-refractivity contribution in [3.63, 3.8) is 0 Å². The van der Waals surface area contributed by atoms with Gasteiger partial charge in [0.25, 0.3) is 0 Å². The average Bonchev–Trinajstić information content (AvgIpc) is 2.43. The zero-order valence-corrected chi connectivity index (χ0v) is 9.28. The molecule has 6 heteroatoms. The zero-order chi connectivity index (χ0) is 10.3. The van der Waals surface area contributed by atoms with Crippen molar-refractivity contribution in [2.24, 2.45) is 7.05 Å². The number of rotatable bonds is 1. The van der Waals surface area contributed by atoms with Crippen LogP contribution in [0.25, 0.3) is 0 Å². The van der Waals surface area contributed by atoms with E-state index in [1.54, 1.807) is 11.6 Å². The normalized spacial score (nSPS) is 15.6. The Morgan fingerprint density at radius 3 is 2.73 bits per heavy atom. The number of imidazole rings is 1. The van der Waals surface area contributed by atoms with Gasteiger partial charge in [-0.1, -0.05) is 0 Å². The first-order chi connectivity index (χ1) is 6.59. The molecule has 2 rings (SSSR count). The number of nitrogens with zero attached hydrogens (tertiary/aromatic N) is 3. The molecule has 0 amide bonds. The van der Waals surface area contributed by atoms with E-state index in [-0.39, 0.29) is 24.7 Å². The molecular weight excluding hydrogens is 189 g/mol. The molecule has 0 N–H and O–H groups in total. The topological polar surface area (TPSA) is 61.2 Å². The van der Waals surface area contributed by atoms with Crippen LogP contribution >= 0.6 is 0 Å². The number of aromatic nitrogens is 2. The summed E-state index contributed by atoms with van der Waals surface area (Å²) < 4.78 is 1.62. The van der Waals surface area contributed by atoms with Crippen molar-refractivity contribution in [1.29, 1.82) is 0 Å². The second kappa shape index (κ2) is 4.40. The minimum absolute atomic E-state index is 0. The van der Waals surface area contributed by atoms with Gasteiger partial charge in [0.05, 0.1) is 5.69 Å². The summed E-state index contributed by atoms with van der Waals surface area (Å²) in [6.45, 7) is 1.66. The quantitative estimate of drug-likeness (QED) is 0.432. The third kappa shape index (κ3) is 2.10. The van der Waals surface area contributed by atoms with Gasteiger partial charge in [0.2, 0.25) is 0 Å². The minimum Gasteiger partial charge on any atom is -0.542 e. The molecule has 0 aliphatic carbocycles. The summed E-state index contributed by atoms with van der Waals surface area (Å²) in [5.41, 5.74) is 1.88. The summed E-state index contributed by atoms with van der Waals surface area (Å²) in [5.74, 6) is -1.17. The van der Waals surface area contributed by atoms with Crippen molar-refractivity contribution in [2.45, 2.75) is 13.0 Å². The first kappa shape index (κ1) is 12.3. The van der Waals surface area contributed by atoms with Crippen LogP contribution in [0.1, 0.15) is 22.0 Å². The molecule has 0 radical (unpaired) electrons. The second-order valence-corrected chi connectivity index (χ2v) is 3.66. The molecular formula is C9H12LiN3O2. The first-order valence-electron chi connectivity index (χ1n) is 4.54. The van der Waals surface area contributed by atoms with Crippen molar-refractivity contribution < 1.29 is 28.8 Å². The fraction of sp³-hybridized carbons (Fsp3) is 0.556. The molecule has 1 aliphatic rings. The Morgan fingerprint density at radius 1 is 1.47 bits per heavy atom. The van der Waals surface area contributed by atoms with E-state index in [0.717, 1.165) is 30.9 Å². The number of carbonyl (C=O) groups excluding carboxylic acids is 1. The van der Waals surface area contributed by atoms with Gasteiger partial charge >= 0.3 is 18.9 Å². The summed E-state index contributed by atoms with van der Waals surface area (Å²) >= 11 is 0. The molecule has 1 aromatic heterocycles. The van der Waals surface area contributed by atoms with Crippen LogP contribution in [0.3, 0.4) is 0 Å². The van der Waals surface area contributed by atoms with Crippen molar-refractivity contribution in [2.75, 3.05) is 13.6 Å². The largest absolute Gasteiger partial charge is 1.00 e. The molecule has 1 aromatic rings. The van der Waals surface area contributed by atoms with Gasteiger partial charge in [-0.2, -0.15) is 0 Å². The standard InChI is InChI=1S/C9H13N3O2.Li/c1-11-4-3-7-6(5-11)10-8(9(13)14)12(7)2;/h3-5H2,1-2H3,(H,13,14);/q;+1/p-1. The first-order valence-corrected chi connectivity index (χ1v) is 4.54. The number of fused-ring (bicyclic) bond motifs is 1. The summed E-state index contributed by atoms with van der Waals surface area (Å²) in [6.07, 6.45) is 0.850. The third-order valence-electron chi connectivity index (χ3n) is 2.63. The van der Waals surface area contributed by atoms with E-state index in [0.29, 0.717) is 0 Å². The number of aromatic carboxylic acids is 1. The van der Waals surface area contributed by atoms with Crippen LogP contribution in [0, 0.1) is 0 Å². The fourth-order valence-electron chi connectivity index (χ4n) is 1.84. The Morgan fingerprint density at radius 2 is 2.13 bits per heavy atom. The number of carboxylic acids is 1. The number of carbonyl (C=O) groups is 1. The van der Waals surface area contributed by atoms with E-state index in [2.05, 4.69) is 9.88 Å². The van der Waals surface area contributed by atoms with Gasteiger partial charge in [0.1, 0.15) is 5.97 Å². The van der Waals surface area contributed by atoms with Crippen molar-refractivity contribution in [1.82, 2.24) is 14.5 Å². The van der Waals surface area contributed by atoms with Gasteiger partial charge < -0.3 is 19.4 Å². The van der Waals surface area contributed by atoms with Crippen LogP contribution < -0.4 is 24.0 Å². The van der Waals surface area contributed by atoms with Crippen LogP contribution in [0.15, 0.2) is 0 Å². The maximum absolute atomic E-state index is 10.7. The van der Waals surface area contributed by atoms with Crippen LogP contribution in [-0.2, 0) is 20.0 Å². The Bertz CT molecular complexity index is 389. The molecule has 0 bridgehead atoms. The van der Waals surface area contributed by atoms with E-state index >= 15 is 0 Å². The molecule has 0 spiro atoms. The van der Waals surface area contributed by atoms with Crippen molar-refractivity contribution in [3.8, 4) is 0 Å². The molecule has 76 valence electrons. The van der Waals surface area contributed by atoms with Crippen LogP contribution in [-0.4, -0.2) is 34.0 Å². The fourth-order valence-corrected chi connectivity index (χ4v) is 1.84. The zero-order valence-electron chi connectivity index (χ0n) is 9.28. The van der Waals surface area contributed by atoms with Gasteiger partial charge in [-0.25, -0.2) is 4.98 Å². The molecule has 0 aromatic carbocycles. The predicted molar refractivity (Wildman–Crippen MR) is 47.6 cm³/mol. The Hall–Kier alpha value is -0.763. The molecule has 0 saturated carbocycles. The molecule has 0 fully saturated rings. The van der Waals surface area contributed by atoms with Gasteiger partial charge in [0.15, 0.2) is 5.82 Å². The number of carboxylic acid groups (broad SMARTS) is 1. The third-order valence-corrected chi connectivity index (χ3v) is 2.63. The summed E-state index contributed by atoms with van der Waals surface area (Å²) in [4.78, 5) is 16.9.